The Hall–Kier alpha value is -1.14. The molecule has 0 saturated heterocycles. The number of hydrogen-bond donors (Lipinski definition) is 2. The molecule has 2 amide bonds. The van der Waals surface area contributed by atoms with Crippen LogP contribution in [0.5, 0.6) is 0 Å². The summed E-state index contributed by atoms with van der Waals surface area (Å²) in [5.41, 5.74) is 9.70. The second kappa shape index (κ2) is 8.88. The lowest BCUT2D eigenvalue weighted by Crippen LogP contribution is -2.27. The van der Waals surface area contributed by atoms with E-state index in [1.54, 1.807) is 0 Å². The molecule has 106 valence electrons. The summed E-state index contributed by atoms with van der Waals surface area (Å²) in [5, 5.41) is 0. The number of carbonyl (C=O) groups excluding carboxylic acids is 2. The monoisotopic (exact) mass is 260 g/mol. The Morgan fingerprint density at radius 2 is 1.56 bits per heavy atom. The average molecular weight is 260 g/mol. The van der Waals surface area contributed by atoms with Crippen LogP contribution in [0.15, 0.2) is 0 Å². The maximum absolute atomic E-state index is 10.6. The van der Waals surface area contributed by atoms with E-state index < -0.39 is 0 Å². The van der Waals surface area contributed by atoms with Crippen molar-refractivity contribution < 1.29 is 19.1 Å². The average Bonchev–Trinajstić information content (AvgIpc) is 2.21. The summed E-state index contributed by atoms with van der Waals surface area (Å²) in [6.45, 7) is 5.17. The molecule has 0 aliphatic heterocycles. The third-order valence-electron chi connectivity index (χ3n) is 2.40. The molecule has 0 bridgehead atoms. The molecule has 0 aromatic heterocycles. The zero-order valence-corrected chi connectivity index (χ0v) is 11.2. The van der Waals surface area contributed by atoms with Gasteiger partial charge in [-0.3, -0.25) is 9.59 Å². The van der Waals surface area contributed by atoms with E-state index in [-0.39, 0.29) is 30.3 Å². The molecule has 0 aliphatic carbocycles. The van der Waals surface area contributed by atoms with Gasteiger partial charge in [-0.15, -0.1) is 0 Å². The Balaban J connectivity index is 3.51. The van der Waals surface area contributed by atoms with Crippen LogP contribution in [0.2, 0.25) is 0 Å². The van der Waals surface area contributed by atoms with Crippen LogP contribution in [0.1, 0.15) is 39.5 Å². The van der Waals surface area contributed by atoms with Crippen molar-refractivity contribution >= 4 is 11.8 Å². The van der Waals surface area contributed by atoms with E-state index in [4.69, 9.17) is 20.9 Å². The summed E-state index contributed by atoms with van der Waals surface area (Å²) < 4.78 is 10.8. The van der Waals surface area contributed by atoms with Crippen molar-refractivity contribution in [2.75, 3.05) is 19.8 Å². The SMILES string of the molecule is CC(C)(CCCOCCC(N)=O)OCCC(N)=O. The van der Waals surface area contributed by atoms with Gasteiger partial charge in [0.15, 0.2) is 0 Å². The topological polar surface area (TPSA) is 105 Å². The number of carbonyl (C=O) groups is 2. The van der Waals surface area contributed by atoms with E-state index in [0.717, 1.165) is 12.8 Å². The van der Waals surface area contributed by atoms with Gasteiger partial charge in [-0.1, -0.05) is 0 Å². The fraction of sp³-hybridized carbons (Fsp3) is 0.833. The molecule has 0 heterocycles. The van der Waals surface area contributed by atoms with Gasteiger partial charge < -0.3 is 20.9 Å². The largest absolute Gasteiger partial charge is 0.381 e. The van der Waals surface area contributed by atoms with Crippen molar-refractivity contribution in [3.05, 3.63) is 0 Å². The lowest BCUT2D eigenvalue weighted by Gasteiger charge is -2.25. The maximum Gasteiger partial charge on any atom is 0.219 e. The summed E-state index contributed by atoms with van der Waals surface area (Å²) >= 11 is 0. The van der Waals surface area contributed by atoms with E-state index in [1.807, 2.05) is 13.8 Å². The minimum Gasteiger partial charge on any atom is -0.381 e. The lowest BCUT2D eigenvalue weighted by atomic mass is 10.0. The third-order valence-corrected chi connectivity index (χ3v) is 2.40. The number of nitrogens with two attached hydrogens (primary N) is 2. The lowest BCUT2D eigenvalue weighted by molar-refractivity contribution is -0.121. The quantitative estimate of drug-likeness (QED) is 0.522. The molecule has 0 aromatic carbocycles. The van der Waals surface area contributed by atoms with Gasteiger partial charge in [-0.2, -0.15) is 0 Å². The first kappa shape index (κ1) is 16.9. The molecule has 4 N–H and O–H groups in total. The van der Waals surface area contributed by atoms with Crippen molar-refractivity contribution in [3.63, 3.8) is 0 Å². The van der Waals surface area contributed by atoms with E-state index in [2.05, 4.69) is 0 Å². The Bertz CT molecular complexity index is 267. The van der Waals surface area contributed by atoms with Crippen molar-refractivity contribution in [2.24, 2.45) is 11.5 Å². The van der Waals surface area contributed by atoms with Gasteiger partial charge in [0.05, 0.1) is 18.8 Å². The molecule has 18 heavy (non-hydrogen) atoms. The van der Waals surface area contributed by atoms with Crippen LogP contribution in [0, 0.1) is 0 Å². The first-order chi connectivity index (χ1) is 8.33. The van der Waals surface area contributed by atoms with Crippen LogP contribution >= 0.6 is 0 Å². The van der Waals surface area contributed by atoms with Gasteiger partial charge in [0.1, 0.15) is 0 Å². The van der Waals surface area contributed by atoms with Crippen LogP contribution < -0.4 is 11.5 Å². The Morgan fingerprint density at radius 3 is 2.11 bits per heavy atom. The van der Waals surface area contributed by atoms with Gasteiger partial charge in [0.25, 0.3) is 0 Å². The molecular weight excluding hydrogens is 236 g/mol. The van der Waals surface area contributed by atoms with Crippen molar-refractivity contribution in [1.29, 1.82) is 0 Å². The number of primary amides is 2. The van der Waals surface area contributed by atoms with E-state index in [1.165, 1.54) is 0 Å². The zero-order chi connectivity index (χ0) is 14.0. The predicted molar refractivity (Wildman–Crippen MR) is 67.7 cm³/mol. The summed E-state index contributed by atoms with van der Waals surface area (Å²) in [7, 11) is 0. The highest BCUT2D eigenvalue weighted by molar-refractivity contribution is 5.74. The van der Waals surface area contributed by atoms with Gasteiger partial charge >= 0.3 is 0 Å². The number of hydrogen-bond acceptors (Lipinski definition) is 4. The van der Waals surface area contributed by atoms with Crippen molar-refractivity contribution in [2.45, 2.75) is 45.1 Å². The van der Waals surface area contributed by atoms with Crippen LogP contribution in [-0.2, 0) is 19.1 Å². The summed E-state index contributed by atoms with van der Waals surface area (Å²) in [5.74, 6) is -0.717. The minimum absolute atomic E-state index is 0.235. The Morgan fingerprint density at radius 1 is 1.00 bits per heavy atom. The fourth-order valence-corrected chi connectivity index (χ4v) is 1.37. The molecular formula is C12H24N2O4. The molecule has 0 radical (unpaired) electrons. The summed E-state index contributed by atoms with van der Waals surface area (Å²) in [6, 6.07) is 0. The number of rotatable bonds is 11. The van der Waals surface area contributed by atoms with Crippen LogP contribution in [0.3, 0.4) is 0 Å². The van der Waals surface area contributed by atoms with E-state index >= 15 is 0 Å². The van der Waals surface area contributed by atoms with Crippen molar-refractivity contribution in [3.8, 4) is 0 Å². The van der Waals surface area contributed by atoms with E-state index in [9.17, 15) is 9.59 Å². The molecule has 0 saturated carbocycles. The smallest absolute Gasteiger partial charge is 0.219 e. The molecule has 6 nitrogen and oxygen atoms in total. The fourth-order valence-electron chi connectivity index (χ4n) is 1.37. The Labute approximate surface area is 108 Å². The van der Waals surface area contributed by atoms with Crippen LogP contribution in [-0.4, -0.2) is 37.2 Å². The predicted octanol–water partition coefficient (Wildman–Crippen LogP) is 0.329. The minimum atomic E-state index is -0.361. The number of ether oxygens (including phenoxy) is 2. The highest BCUT2D eigenvalue weighted by Gasteiger charge is 2.17. The molecule has 0 unspecified atom stereocenters. The molecule has 0 aliphatic rings. The van der Waals surface area contributed by atoms with E-state index in [0.29, 0.717) is 19.8 Å². The van der Waals surface area contributed by atoms with Crippen LogP contribution in [0.25, 0.3) is 0 Å². The highest BCUT2D eigenvalue weighted by Crippen LogP contribution is 2.16. The number of amides is 2. The summed E-state index contributed by atoms with van der Waals surface area (Å²) in [4.78, 5) is 21.0. The highest BCUT2D eigenvalue weighted by atomic mass is 16.5. The van der Waals surface area contributed by atoms with Gasteiger partial charge in [0.2, 0.25) is 11.8 Å². The molecule has 0 atom stereocenters. The zero-order valence-electron chi connectivity index (χ0n) is 11.2. The molecule has 6 heteroatoms. The standard InChI is InChI=1S/C12H24N2O4/c1-12(2,18-9-5-11(14)16)6-3-7-17-8-4-10(13)15/h3-9H2,1-2H3,(H2,13,15)(H2,14,16). The first-order valence-corrected chi connectivity index (χ1v) is 6.12. The maximum atomic E-state index is 10.6. The van der Waals surface area contributed by atoms with Crippen LogP contribution in [0.4, 0.5) is 0 Å². The second-order valence-corrected chi connectivity index (χ2v) is 4.76. The van der Waals surface area contributed by atoms with Crippen molar-refractivity contribution in [1.82, 2.24) is 0 Å². The van der Waals surface area contributed by atoms with Gasteiger partial charge in [-0.25, -0.2) is 0 Å². The Kier molecular flexibility index (Phi) is 8.32. The normalized spacial score (nSPS) is 11.4. The second-order valence-electron chi connectivity index (χ2n) is 4.76. The molecule has 0 fully saturated rings. The van der Waals surface area contributed by atoms with Gasteiger partial charge in [-0.05, 0) is 26.7 Å². The molecule has 0 rings (SSSR count). The molecule has 0 spiro atoms. The molecule has 0 aromatic rings. The summed E-state index contributed by atoms with van der Waals surface area (Å²) in [6.07, 6.45) is 2.11. The third kappa shape index (κ3) is 11.3. The van der Waals surface area contributed by atoms with Gasteiger partial charge in [0, 0.05) is 19.4 Å². The first-order valence-electron chi connectivity index (χ1n) is 6.12.